The maximum Gasteiger partial charge on any atom is 0.281 e. The third-order valence-corrected chi connectivity index (χ3v) is 4.32. The average Bonchev–Trinajstić information content (AvgIpc) is 2.84. The molecule has 0 radical (unpaired) electrons. The second-order valence-corrected chi connectivity index (χ2v) is 6.18. The Kier molecular flexibility index (Phi) is 4.52. The number of carbonyl (C=O) groups excluding carboxylic acids is 1. The Balaban J connectivity index is 1.98. The molecule has 0 spiro atoms. The molecule has 2 aromatic rings. The highest BCUT2D eigenvalue weighted by Gasteiger charge is 2.33. The Morgan fingerprint density at radius 3 is 2.68 bits per heavy atom. The van der Waals surface area contributed by atoms with Crippen LogP contribution in [0.25, 0.3) is 6.08 Å². The molecular weight excluding hydrogens is 362 g/mol. The second kappa shape index (κ2) is 6.62. The number of thiocarbonyl (C=S) groups is 1. The zero-order valence-electron chi connectivity index (χ0n) is 13.0. The largest absolute Gasteiger partial charge is 0.327 e. The summed E-state index contributed by atoms with van der Waals surface area (Å²) >= 11 is 11.4. The number of nitrogens with zero attached hydrogens (tertiary/aromatic N) is 2. The number of hydrogen-bond donors (Lipinski definition) is 1. The highest BCUT2D eigenvalue weighted by Crippen LogP contribution is 2.29. The van der Waals surface area contributed by atoms with Crippen molar-refractivity contribution in [2.45, 2.75) is 6.92 Å². The van der Waals surface area contributed by atoms with Crippen molar-refractivity contribution in [1.82, 2.24) is 5.32 Å². The second-order valence-electron chi connectivity index (χ2n) is 5.38. The number of carbonyl (C=O) groups is 1. The SMILES string of the molecule is Cc1ccc(/C=C2\NC(=S)N(c3ccccc3Cl)C2=O)cc1[N+](=O)[O-]. The molecule has 0 bridgehead atoms. The molecule has 8 heteroatoms. The van der Waals surface area contributed by atoms with E-state index in [0.29, 0.717) is 21.8 Å². The minimum absolute atomic E-state index is 0.00895. The summed E-state index contributed by atoms with van der Waals surface area (Å²) in [7, 11) is 0. The first-order valence-electron chi connectivity index (χ1n) is 7.25. The van der Waals surface area contributed by atoms with E-state index in [1.54, 1.807) is 43.3 Å². The van der Waals surface area contributed by atoms with Gasteiger partial charge < -0.3 is 5.32 Å². The molecule has 0 aromatic heterocycles. The van der Waals surface area contributed by atoms with Crippen molar-refractivity contribution in [2.24, 2.45) is 0 Å². The number of halogens is 1. The zero-order valence-corrected chi connectivity index (χ0v) is 14.6. The van der Waals surface area contributed by atoms with Crippen molar-refractivity contribution in [3.8, 4) is 0 Å². The predicted molar refractivity (Wildman–Crippen MR) is 100 cm³/mol. The Labute approximate surface area is 153 Å². The van der Waals surface area contributed by atoms with E-state index in [-0.39, 0.29) is 22.4 Å². The van der Waals surface area contributed by atoms with Crippen LogP contribution in [0.5, 0.6) is 0 Å². The van der Waals surface area contributed by atoms with E-state index in [1.165, 1.54) is 17.0 Å². The van der Waals surface area contributed by atoms with Gasteiger partial charge in [-0.15, -0.1) is 0 Å². The zero-order chi connectivity index (χ0) is 18.1. The number of amides is 1. The molecule has 2 aromatic carbocycles. The van der Waals surface area contributed by atoms with E-state index >= 15 is 0 Å². The molecule has 1 aliphatic rings. The minimum Gasteiger partial charge on any atom is -0.327 e. The van der Waals surface area contributed by atoms with Crippen LogP contribution in [0.1, 0.15) is 11.1 Å². The molecule has 1 amide bonds. The molecule has 1 N–H and O–H groups in total. The van der Waals surface area contributed by atoms with Gasteiger partial charge in [0.25, 0.3) is 11.6 Å². The number of aryl methyl sites for hydroxylation is 1. The van der Waals surface area contributed by atoms with E-state index in [9.17, 15) is 14.9 Å². The summed E-state index contributed by atoms with van der Waals surface area (Å²) in [6.45, 7) is 1.66. The van der Waals surface area contributed by atoms with E-state index in [1.807, 2.05) is 0 Å². The molecule has 6 nitrogen and oxygen atoms in total. The third kappa shape index (κ3) is 3.24. The number of nitrogens with one attached hydrogen (secondary N) is 1. The fourth-order valence-corrected chi connectivity index (χ4v) is 2.98. The molecule has 126 valence electrons. The molecule has 1 aliphatic heterocycles. The molecular formula is C17H12ClN3O3S. The first-order valence-corrected chi connectivity index (χ1v) is 8.04. The van der Waals surface area contributed by atoms with Gasteiger partial charge in [0.1, 0.15) is 5.70 Å². The summed E-state index contributed by atoms with van der Waals surface area (Å²) in [6, 6.07) is 11.6. The number of hydrogen-bond acceptors (Lipinski definition) is 4. The van der Waals surface area contributed by atoms with Crippen molar-refractivity contribution < 1.29 is 9.72 Å². The van der Waals surface area contributed by atoms with Crippen molar-refractivity contribution in [1.29, 1.82) is 0 Å². The van der Waals surface area contributed by atoms with Crippen LogP contribution in [0.15, 0.2) is 48.2 Å². The number of nitro groups is 1. The number of nitro benzene ring substituents is 1. The minimum atomic E-state index is -0.456. The van der Waals surface area contributed by atoms with Crippen LogP contribution in [-0.2, 0) is 4.79 Å². The smallest absolute Gasteiger partial charge is 0.281 e. The molecule has 0 unspecified atom stereocenters. The topological polar surface area (TPSA) is 75.5 Å². The fourth-order valence-electron chi connectivity index (χ4n) is 2.47. The van der Waals surface area contributed by atoms with Crippen LogP contribution in [-0.4, -0.2) is 15.9 Å². The molecule has 1 saturated heterocycles. The first-order chi connectivity index (χ1) is 11.9. The van der Waals surface area contributed by atoms with Crippen LogP contribution in [0.3, 0.4) is 0 Å². The van der Waals surface area contributed by atoms with Crippen molar-refractivity contribution in [3.63, 3.8) is 0 Å². The maximum atomic E-state index is 12.7. The number of anilines is 1. The molecule has 0 atom stereocenters. The predicted octanol–water partition coefficient (Wildman–Crippen LogP) is 3.82. The van der Waals surface area contributed by atoms with Gasteiger partial charge in [-0.05, 0) is 42.9 Å². The number of rotatable bonds is 3. The average molecular weight is 374 g/mol. The van der Waals surface area contributed by atoms with Crippen molar-refractivity contribution in [3.05, 3.63) is 74.4 Å². The molecule has 25 heavy (non-hydrogen) atoms. The van der Waals surface area contributed by atoms with Crippen LogP contribution < -0.4 is 10.2 Å². The van der Waals surface area contributed by atoms with E-state index < -0.39 is 4.92 Å². The highest BCUT2D eigenvalue weighted by atomic mass is 35.5. The van der Waals surface area contributed by atoms with Crippen LogP contribution in [0.4, 0.5) is 11.4 Å². The van der Waals surface area contributed by atoms with Crippen LogP contribution >= 0.6 is 23.8 Å². The van der Waals surface area contributed by atoms with Crippen molar-refractivity contribution in [2.75, 3.05) is 4.90 Å². The Bertz CT molecular complexity index is 942. The van der Waals surface area contributed by atoms with Gasteiger partial charge in [0.05, 0.1) is 15.6 Å². The summed E-state index contributed by atoms with van der Waals surface area (Å²) in [5.41, 5.74) is 1.77. The first kappa shape index (κ1) is 17.1. The summed E-state index contributed by atoms with van der Waals surface area (Å²) in [5, 5.41) is 14.5. The molecule has 3 rings (SSSR count). The van der Waals surface area contributed by atoms with E-state index in [0.717, 1.165) is 0 Å². The van der Waals surface area contributed by atoms with Gasteiger partial charge in [-0.3, -0.25) is 19.8 Å². The van der Waals surface area contributed by atoms with Crippen LogP contribution in [0, 0.1) is 17.0 Å². The fraction of sp³-hybridized carbons (Fsp3) is 0.0588. The summed E-state index contributed by atoms with van der Waals surface area (Å²) in [4.78, 5) is 24.6. The van der Waals surface area contributed by atoms with Gasteiger partial charge in [-0.25, -0.2) is 0 Å². The van der Waals surface area contributed by atoms with E-state index in [2.05, 4.69) is 5.32 Å². The van der Waals surface area contributed by atoms with Gasteiger partial charge in [-0.1, -0.05) is 35.9 Å². The quantitative estimate of drug-likeness (QED) is 0.383. The maximum absolute atomic E-state index is 12.7. The molecule has 0 aliphatic carbocycles. The lowest BCUT2D eigenvalue weighted by atomic mass is 10.1. The Morgan fingerprint density at radius 1 is 1.28 bits per heavy atom. The van der Waals surface area contributed by atoms with Gasteiger partial charge in [0.2, 0.25) is 0 Å². The Morgan fingerprint density at radius 2 is 2.00 bits per heavy atom. The summed E-state index contributed by atoms with van der Waals surface area (Å²) < 4.78 is 0. The third-order valence-electron chi connectivity index (χ3n) is 3.71. The lowest BCUT2D eigenvalue weighted by Gasteiger charge is -2.15. The molecule has 1 heterocycles. The monoisotopic (exact) mass is 373 g/mol. The summed E-state index contributed by atoms with van der Waals surface area (Å²) in [5.74, 6) is -0.374. The molecule has 1 fully saturated rings. The Hall–Kier alpha value is -2.77. The standard InChI is InChI=1S/C17H12ClN3O3S/c1-10-6-7-11(9-15(10)21(23)24)8-13-16(22)20(17(25)19-13)14-5-3-2-4-12(14)18/h2-9H,1H3,(H,19,25)/b13-8-. The lowest BCUT2D eigenvalue weighted by Crippen LogP contribution is -2.30. The summed E-state index contributed by atoms with van der Waals surface area (Å²) in [6.07, 6.45) is 1.53. The normalized spacial score (nSPS) is 15.6. The lowest BCUT2D eigenvalue weighted by molar-refractivity contribution is -0.385. The highest BCUT2D eigenvalue weighted by molar-refractivity contribution is 7.80. The number of benzene rings is 2. The van der Waals surface area contributed by atoms with Crippen LogP contribution in [0.2, 0.25) is 5.02 Å². The van der Waals surface area contributed by atoms with Crippen molar-refractivity contribution >= 4 is 52.3 Å². The van der Waals surface area contributed by atoms with Gasteiger partial charge in [-0.2, -0.15) is 0 Å². The van der Waals surface area contributed by atoms with Gasteiger partial charge in [0, 0.05) is 11.6 Å². The number of para-hydroxylation sites is 1. The molecule has 0 saturated carbocycles. The van der Waals surface area contributed by atoms with Gasteiger partial charge >= 0.3 is 0 Å². The van der Waals surface area contributed by atoms with E-state index in [4.69, 9.17) is 23.8 Å². The van der Waals surface area contributed by atoms with Gasteiger partial charge in [0.15, 0.2) is 5.11 Å².